The Hall–Kier alpha value is -1.97. The predicted octanol–water partition coefficient (Wildman–Crippen LogP) is 9.11. The third-order valence-electron chi connectivity index (χ3n) is 10.1. The summed E-state index contributed by atoms with van der Waals surface area (Å²) in [6.45, 7) is 22.6. The summed E-state index contributed by atoms with van der Waals surface area (Å²) in [6.07, 6.45) is 8.47. The monoisotopic (exact) mass is 540 g/mol. The van der Waals surface area contributed by atoms with Crippen LogP contribution < -0.4 is 9.47 Å². The molecule has 0 heterocycles. The van der Waals surface area contributed by atoms with Crippen LogP contribution in [-0.4, -0.2) is 26.8 Å². The largest absolute Gasteiger partial charge is 0.496 e. The van der Waals surface area contributed by atoms with Gasteiger partial charge in [0.1, 0.15) is 18.1 Å². The summed E-state index contributed by atoms with van der Waals surface area (Å²) in [5, 5.41) is 0. The molecule has 39 heavy (non-hydrogen) atoms. The van der Waals surface area contributed by atoms with Crippen molar-refractivity contribution in [2.24, 2.45) is 34.5 Å². The van der Waals surface area contributed by atoms with Gasteiger partial charge in [0.05, 0.1) is 19.6 Å². The standard InChI is InChI=1S/C35H56O4/c1-13-14-15-16-26(22(2)3)34(7,8)24-18-29(37-11)31(30(19-24)38-12)25-17-23(21-39-32(36)33(4,5)6)27-20-28(25)35(27,9)10/h17-19,22,25-28H,13-16,20-21H2,1-12H3/t25-,26?,27+,28-/m0/s1. The molecular formula is C35H56O4. The number of hydrogen-bond donors (Lipinski definition) is 0. The van der Waals surface area contributed by atoms with E-state index >= 15 is 0 Å². The van der Waals surface area contributed by atoms with Crippen molar-refractivity contribution in [1.82, 2.24) is 0 Å². The Balaban J connectivity index is 2.03. The molecule has 1 fully saturated rings. The second-order valence-electron chi connectivity index (χ2n) is 14.7. The third-order valence-corrected chi connectivity index (χ3v) is 10.1. The van der Waals surface area contributed by atoms with Gasteiger partial charge in [-0.25, -0.2) is 0 Å². The van der Waals surface area contributed by atoms with E-state index in [2.05, 4.69) is 66.7 Å². The second kappa shape index (κ2) is 11.9. The summed E-state index contributed by atoms with van der Waals surface area (Å²) in [7, 11) is 3.56. The average Bonchev–Trinajstić information content (AvgIpc) is 2.87. The van der Waals surface area contributed by atoms with Gasteiger partial charge in [0.25, 0.3) is 0 Å². The molecule has 0 saturated heterocycles. The number of rotatable bonds is 12. The van der Waals surface area contributed by atoms with Gasteiger partial charge in [-0.05, 0) is 91.4 Å². The van der Waals surface area contributed by atoms with Gasteiger partial charge >= 0.3 is 5.97 Å². The molecule has 0 aromatic heterocycles. The molecule has 4 atom stereocenters. The topological polar surface area (TPSA) is 44.8 Å². The zero-order chi connectivity index (χ0) is 29.3. The number of esters is 1. The number of fused-ring (bicyclic) bond motifs is 1. The first-order valence-electron chi connectivity index (χ1n) is 15.2. The number of allylic oxidation sites excluding steroid dienone is 1. The summed E-state index contributed by atoms with van der Waals surface area (Å²) < 4.78 is 18.1. The van der Waals surface area contributed by atoms with E-state index in [0.717, 1.165) is 23.5 Å². The number of ether oxygens (including phenoxy) is 3. The van der Waals surface area contributed by atoms with Crippen molar-refractivity contribution in [3.8, 4) is 11.5 Å². The Morgan fingerprint density at radius 3 is 2.08 bits per heavy atom. The number of methoxy groups -OCH3 is 2. The van der Waals surface area contributed by atoms with Crippen molar-refractivity contribution in [3.05, 3.63) is 34.9 Å². The van der Waals surface area contributed by atoms with Crippen molar-refractivity contribution < 1.29 is 19.0 Å². The van der Waals surface area contributed by atoms with E-state index in [1.807, 2.05) is 20.8 Å². The molecule has 3 aliphatic rings. The van der Waals surface area contributed by atoms with Crippen LogP contribution in [0.15, 0.2) is 23.8 Å². The van der Waals surface area contributed by atoms with Gasteiger partial charge in [0, 0.05) is 11.5 Å². The minimum Gasteiger partial charge on any atom is -0.496 e. The number of unbranched alkanes of at least 4 members (excludes halogenated alkanes) is 2. The van der Waals surface area contributed by atoms with Crippen LogP contribution in [0, 0.1) is 34.5 Å². The van der Waals surface area contributed by atoms with Crippen LogP contribution in [0.3, 0.4) is 0 Å². The molecule has 0 spiro atoms. The summed E-state index contributed by atoms with van der Waals surface area (Å²) in [5.41, 5.74) is 3.23. The molecule has 1 saturated carbocycles. The highest BCUT2D eigenvalue weighted by Gasteiger charge is 2.56. The maximum atomic E-state index is 12.6. The zero-order valence-corrected chi connectivity index (χ0v) is 27.0. The van der Waals surface area contributed by atoms with Crippen molar-refractivity contribution in [2.75, 3.05) is 20.8 Å². The first-order valence-corrected chi connectivity index (χ1v) is 15.2. The molecule has 220 valence electrons. The van der Waals surface area contributed by atoms with Crippen LogP contribution in [0.1, 0.15) is 118 Å². The Bertz CT molecular complexity index is 1010. The van der Waals surface area contributed by atoms with E-state index in [0.29, 0.717) is 30.3 Å². The molecule has 0 radical (unpaired) electrons. The fraction of sp³-hybridized carbons (Fsp3) is 0.743. The first kappa shape index (κ1) is 31.6. The highest BCUT2D eigenvalue weighted by atomic mass is 16.5. The summed E-state index contributed by atoms with van der Waals surface area (Å²) in [4.78, 5) is 12.6. The lowest BCUT2D eigenvalue weighted by molar-refractivity contribution is -0.152. The maximum Gasteiger partial charge on any atom is 0.311 e. The van der Waals surface area contributed by atoms with Crippen molar-refractivity contribution in [2.45, 2.75) is 113 Å². The molecule has 4 rings (SSSR count). The summed E-state index contributed by atoms with van der Waals surface area (Å²) in [6, 6.07) is 4.55. The molecular weight excluding hydrogens is 484 g/mol. The smallest absolute Gasteiger partial charge is 0.311 e. The van der Waals surface area contributed by atoms with E-state index in [1.54, 1.807) is 14.2 Å². The molecule has 4 nitrogen and oxygen atoms in total. The Morgan fingerprint density at radius 2 is 1.62 bits per heavy atom. The van der Waals surface area contributed by atoms with E-state index in [-0.39, 0.29) is 22.7 Å². The van der Waals surface area contributed by atoms with Crippen molar-refractivity contribution in [3.63, 3.8) is 0 Å². The summed E-state index contributed by atoms with van der Waals surface area (Å²) >= 11 is 0. The van der Waals surface area contributed by atoms with Crippen LogP contribution >= 0.6 is 0 Å². The van der Waals surface area contributed by atoms with Gasteiger partial charge < -0.3 is 14.2 Å². The van der Waals surface area contributed by atoms with Gasteiger partial charge in [-0.15, -0.1) is 0 Å². The number of hydrogen-bond acceptors (Lipinski definition) is 4. The van der Waals surface area contributed by atoms with E-state index < -0.39 is 5.41 Å². The zero-order valence-electron chi connectivity index (χ0n) is 27.0. The Morgan fingerprint density at radius 1 is 1.03 bits per heavy atom. The minimum absolute atomic E-state index is 0.0173. The van der Waals surface area contributed by atoms with E-state index in [4.69, 9.17) is 14.2 Å². The van der Waals surface area contributed by atoms with E-state index in [1.165, 1.54) is 36.8 Å². The fourth-order valence-corrected chi connectivity index (χ4v) is 7.45. The molecule has 0 N–H and O–H groups in total. The molecule has 2 bridgehead atoms. The van der Waals surface area contributed by atoms with Crippen LogP contribution in [0.2, 0.25) is 0 Å². The Kier molecular flexibility index (Phi) is 9.60. The second-order valence-corrected chi connectivity index (χ2v) is 14.7. The molecule has 3 aliphatic carbocycles. The first-order chi connectivity index (χ1) is 18.1. The SMILES string of the molecule is CCCCCC(C(C)C)C(C)(C)c1cc(OC)c([C@H]2C=C(COC(=O)C(C)(C)C)[C@H]3C[C@@H]2C3(C)C)c(OC)c1. The van der Waals surface area contributed by atoms with Crippen molar-refractivity contribution in [1.29, 1.82) is 0 Å². The lowest BCUT2D eigenvalue weighted by atomic mass is 9.45. The fourth-order valence-electron chi connectivity index (χ4n) is 7.45. The van der Waals surface area contributed by atoms with Gasteiger partial charge in [0.2, 0.25) is 0 Å². The summed E-state index contributed by atoms with van der Waals surface area (Å²) in [5.74, 6) is 3.89. The molecule has 4 heteroatoms. The van der Waals surface area contributed by atoms with Crippen LogP contribution in [-0.2, 0) is 14.9 Å². The van der Waals surface area contributed by atoms with Crippen LogP contribution in [0.4, 0.5) is 0 Å². The van der Waals surface area contributed by atoms with Crippen molar-refractivity contribution >= 4 is 5.97 Å². The Labute approximate surface area is 239 Å². The van der Waals surface area contributed by atoms with E-state index in [9.17, 15) is 4.79 Å². The lowest BCUT2D eigenvalue weighted by Crippen LogP contribution is -2.52. The van der Waals surface area contributed by atoms with Gasteiger partial charge in [-0.3, -0.25) is 4.79 Å². The van der Waals surface area contributed by atoms with Crippen LogP contribution in [0.5, 0.6) is 11.5 Å². The van der Waals surface area contributed by atoms with Gasteiger partial charge in [-0.1, -0.05) is 73.8 Å². The van der Waals surface area contributed by atoms with Gasteiger partial charge in [-0.2, -0.15) is 0 Å². The minimum atomic E-state index is -0.508. The molecule has 0 aliphatic heterocycles. The molecule has 1 aromatic rings. The molecule has 1 aromatic carbocycles. The lowest BCUT2D eigenvalue weighted by Gasteiger charge is -2.59. The van der Waals surface area contributed by atoms with Gasteiger partial charge in [0.15, 0.2) is 0 Å². The van der Waals surface area contributed by atoms with Crippen LogP contribution in [0.25, 0.3) is 0 Å². The highest BCUT2D eigenvalue weighted by molar-refractivity contribution is 5.75. The molecule has 1 unspecified atom stereocenters. The predicted molar refractivity (Wildman–Crippen MR) is 162 cm³/mol. The quantitative estimate of drug-likeness (QED) is 0.151. The molecule has 0 amide bonds. The number of carbonyl (C=O) groups is 1. The number of carbonyl (C=O) groups excluding carboxylic acids is 1. The number of benzene rings is 1. The maximum absolute atomic E-state index is 12.6. The third kappa shape index (κ3) is 6.20. The average molecular weight is 541 g/mol. The normalized spacial score (nSPS) is 23.1. The highest BCUT2D eigenvalue weighted by Crippen LogP contribution is 2.65.